The Kier molecular flexibility index (Phi) is 5.36. The standard InChI is InChI=1S/C21H22N2O4S/c1-25-18-9-14(20-4-3-7-28-20)8-15-12-23(5-6-27-21(15)18)13-16-10-17(24)19(26-2)11-22-16/h3-4,7-11H,5-6,12-13H2,1-2H3,(H,22,24). The molecule has 28 heavy (non-hydrogen) atoms. The van der Waals surface area contributed by atoms with Gasteiger partial charge in [-0.2, -0.15) is 0 Å². The first-order valence-electron chi connectivity index (χ1n) is 9.03. The van der Waals surface area contributed by atoms with Crippen LogP contribution in [0.25, 0.3) is 10.4 Å². The summed E-state index contributed by atoms with van der Waals surface area (Å²) in [6, 6.07) is 9.93. The van der Waals surface area contributed by atoms with Gasteiger partial charge in [-0.3, -0.25) is 9.69 Å². The Morgan fingerprint density at radius 1 is 1.21 bits per heavy atom. The molecule has 3 heterocycles. The molecule has 0 spiro atoms. The second kappa shape index (κ2) is 8.08. The van der Waals surface area contributed by atoms with Crippen molar-refractivity contribution < 1.29 is 14.2 Å². The normalized spacial score (nSPS) is 14.1. The lowest BCUT2D eigenvalue weighted by Gasteiger charge is -2.19. The van der Waals surface area contributed by atoms with Gasteiger partial charge in [-0.25, -0.2) is 0 Å². The lowest BCUT2D eigenvalue weighted by atomic mass is 10.1. The molecule has 0 saturated heterocycles. The number of rotatable bonds is 5. The zero-order valence-electron chi connectivity index (χ0n) is 15.9. The van der Waals surface area contributed by atoms with E-state index in [-0.39, 0.29) is 5.43 Å². The first-order valence-corrected chi connectivity index (χ1v) is 9.91. The second-order valence-electron chi connectivity index (χ2n) is 6.59. The van der Waals surface area contributed by atoms with Gasteiger partial charge in [-0.1, -0.05) is 6.07 Å². The molecule has 0 saturated carbocycles. The zero-order valence-corrected chi connectivity index (χ0v) is 16.7. The number of nitrogens with zero attached hydrogens (tertiary/aromatic N) is 1. The molecule has 1 N–H and O–H groups in total. The maximum atomic E-state index is 12.0. The lowest BCUT2D eigenvalue weighted by Crippen LogP contribution is -2.26. The van der Waals surface area contributed by atoms with Crippen LogP contribution in [0, 0.1) is 0 Å². The van der Waals surface area contributed by atoms with Crippen LogP contribution in [0.3, 0.4) is 0 Å². The molecule has 146 valence electrons. The van der Waals surface area contributed by atoms with Crippen molar-refractivity contribution in [2.75, 3.05) is 27.4 Å². The number of hydrogen-bond donors (Lipinski definition) is 1. The number of nitrogens with one attached hydrogen (secondary N) is 1. The van der Waals surface area contributed by atoms with E-state index in [1.54, 1.807) is 30.7 Å². The van der Waals surface area contributed by atoms with E-state index < -0.39 is 0 Å². The quantitative estimate of drug-likeness (QED) is 0.713. The van der Waals surface area contributed by atoms with Gasteiger partial charge in [0.05, 0.1) is 14.2 Å². The topological polar surface area (TPSA) is 63.8 Å². The molecule has 1 aromatic carbocycles. The molecular formula is C21H22N2O4S. The van der Waals surface area contributed by atoms with Crippen LogP contribution in [0.1, 0.15) is 11.3 Å². The van der Waals surface area contributed by atoms with E-state index in [0.29, 0.717) is 25.4 Å². The van der Waals surface area contributed by atoms with Gasteiger partial charge in [0.2, 0.25) is 5.43 Å². The molecule has 1 aliphatic heterocycles. The first-order chi connectivity index (χ1) is 13.7. The highest BCUT2D eigenvalue weighted by molar-refractivity contribution is 7.13. The summed E-state index contributed by atoms with van der Waals surface area (Å²) < 4.78 is 16.7. The number of fused-ring (bicyclic) bond motifs is 1. The van der Waals surface area contributed by atoms with Gasteiger partial charge in [-0.05, 0) is 29.1 Å². The van der Waals surface area contributed by atoms with E-state index in [1.807, 2.05) is 12.1 Å². The Bertz CT molecular complexity index is 1010. The Balaban J connectivity index is 1.63. The van der Waals surface area contributed by atoms with Crippen LogP contribution in [-0.2, 0) is 13.1 Å². The Hall–Kier alpha value is -2.77. The maximum absolute atomic E-state index is 12.0. The fourth-order valence-electron chi connectivity index (χ4n) is 3.40. The number of thiophene rings is 1. The van der Waals surface area contributed by atoms with E-state index in [9.17, 15) is 4.79 Å². The molecule has 0 atom stereocenters. The van der Waals surface area contributed by atoms with Crippen molar-refractivity contribution in [3.05, 3.63) is 63.4 Å². The van der Waals surface area contributed by atoms with Crippen molar-refractivity contribution in [2.45, 2.75) is 13.1 Å². The summed E-state index contributed by atoms with van der Waals surface area (Å²) in [4.78, 5) is 18.6. The minimum absolute atomic E-state index is 0.121. The van der Waals surface area contributed by atoms with Crippen LogP contribution < -0.4 is 19.6 Å². The largest absolute Gasteiger partial charge is 0.493 e. The van der Waals surface area contributed by atoms with Crippen molar-refractivity contribution in [3.63, 3.8) is 0 Å². The van der Waals surface area contributed by atoms with E-state index in [4.69, 9.17) is 14.2 Å². The number of aromatic nitrogens is 1. The van der Waals surface area contributed by atoms with Gasteiger partial charge in [0.1, 0.15) is 6.61 Å². The summed E-state index contributed by atoms with van der Waals surface area (Å²) in [5.74, 6) is 1.87. The fourth-order valence-corrected chi connectivity index (χ4v) is 4.12. The van der Waals surface area contributed by atoms with Crippen molar-refractivity contribution in [2.24, 2.45) is 0 Å². The third-order valence-electron chi connectivity index (χ3n) is 4.76. The molecule has 0 aliphatic carbocycles. The van der Waals surface area contributed by atoms with Gasteiger partial charge < -0.3 is 19.2 Å². The summed E-state index contributed by atoms with van der Waals surface area (Å²) in [7, 11) is 3.16. The van der Waals surface area contributed by atoms with Crippen LogP contribution >= 0.6 is 11.3 Å². The van der Waals surface area contributed by atoms with Gasteiger partial charge in [-0.15, -0.1) is 11.3 Å². The lowest BCUT2D eigenvalue weighted by molar-refractivity contribution is 0.215. The van der Waals surface area contributed by atoms with Gasteiger partial charge in [0, 0.05) is 48.0 Å². The third-order valence-corrected chi connectivity index (χ3v) is 5.67. The summed E-state index contributed by atoms with van der Waals surface area (Å²) in [6.07, 6.45) is 1.61. The van der Waals surface area contributed by atoms with Crippen LogP contribution in [0.4, 0.5) is 0 Å². The summed E-state index contributed by atoms with van der Waals surface area (Å²) in [5, 5.41) is 2.07. The summed E-state index contributed by atoms with van der Waals surface area (Å²) >= 11 is 1.70. The van der Waals surface area contributed by atoms with E-state index in [0.717, 1.165) is 34.9 Å². The molecule has 1 aliphatic rings. The first kappa shape index (κ1) is 18.6. The molecule has 0 unspecified atom stereocenters. The molecule has 0 radical (unpaired) electrons. The van der Waals surface area contributed by atoms with Gasteiger partial charge in [0.25, 0.3) is 0 Å². The molecule has 2 aromatic heterocycles. The van der Waals surface area contributed by atoms with Crippen molar-refractivity contribution in [1.82, 2.24) is 9.88 Å². The molecular weight excluding hydrogens is 376 g/mol. The molecule has 3 aromatic rings. The Morgan fingerprint density at radius 3 is 2.79 bits per heavy atom. The monoisotopic (exact) mass is 398 g/mol. The maximum Gasteiger partial charge on any atom is 0.223 e. The number of hydrogen-bond acceptors (Lipinski definition) is 6. The van der Waals surface area contributed by atoms with Crippen LogP contribution in [0.15, 0.2) is 46.7 Å². The average molecular weight is 398 g/mol. The SMILES string of the molecule is COc1cc(-c2cccs2)cc2c1OCCN(Cc1cc(=O)c(OC)c[nH]1)C2. The second-order valence-corrected chi connectivity index (χ2v) is 7.54. The number of pyridine rings is 1. The zero-order chi connectivity index (χ0) is 19.5. The van der Waals surface area contributed by atoms with Crippen LogP contribution in [0.5, 0.6) is 17.2 Å². The van der Waals surface area contributed by atoms with Gasteiger partial charge in [0.15, 0.2) is 17.2 Å². The Morgan fingerprint density at radius 2 is 2.07 bits per heavy atom. The predicted octanol–water partition coefficient (Wildman–Crippen LogP) is 3.52. The molecule has 0 fully saturated rings. The average Bonchev–Trinajstić information content (AvgIpc) is 3.16. The van der Waals surface area contributed by atoms with E-state index in [1.165, 1.54) is 12.0 Å². The van der Waals surface area contributed by atoms with Crippen molar-refractivity contribution in [3.8, 4) is 27.7 Å². The highest BCUT2D eigenvalue weighted by Crippen LogP contribution is 2.39. The van der Waals surface area contributed by atoms with E-state index in [2.05, 4.69) is 27.4 Å². The van der Waals surface area contributed by atoms with Gasteiger partial charge >= 0.3 is 0 Å². The fraction of sp³-hybridized carbons (Fsp3) is 0.286. The number of methoxy groups -OCH3 is 2. The molecule has 0 bridgehead atoms. The summed E-state index contributed by atoms with van der Waals surface area (Å²) in [5.41, 5.74) is 2.92. The smallest absolute Gasteiger partial charge is 0.223 e. The predicted molar refractivity (Wildman–Crippen MR) is 110 cm³/mol. The van der Waals surface area contributed by atoms with Crippen LogP contribution in [0.2, 0.25) is 0 Å². The highest BCUT2D eigenvalue weighted by Gasteiger charge is 2.21. The highest BCUT2D eigenvalue weighted by atomic mass is 32.1. The Labute approximate surface area is 167 Å². The van der Waals surface area contributed by atoms with Crippen LogP contribution in [-0.4, -0.2) is 37.3 Å². The molecule has 6 nitrogen and oxygen atoms in total. The van der Waals surface area contributed by atoms with Crippen molar-refractivity contribution in [1.29, 1.82) is 0 Å². The minimum Gasteiger partial charge on any atom is -0.493 e. The molecule has 7 heteroatoms. The minimum atomic E-state index is -0.121. The van der Waals surface area contributed by atoms with E-state index >= 15 is 0 Å². The number of aromatic amines is 1. The van der Waals surface area contributed by atoms with Crippen molar-refractivity contribution >= 4 is 11.3 Å². The number of ether oxygens (including phenoxy) is 3. The molecule has 0 amide bonds. The number of H-pyrrole nitrogens is 1. The molecule has 4 rings (SSSR count). The summed E-state index contributed by atoms with van der Waals surface area (Å²) in [6.45, 7) is 2.63. The number of benzene rings is 1. The third kappa shape index (κ3) is 3.76.